The van der Waals surface area contributed by atoms with Gasteiger partial charge in [-0.2, -0.15) is 0 Å². The normalized spacial score (nSPS) is 32.2. The Morgan fingerprint density at radius 3 is 2.44 bits per heavy atom. The molecule has 2 rings (SSSR count). The molecule has 0 aromatic heterocycles. The summed E-state index contributed by atoms with van der Waals surface area (Å²) in [5.41, 5.74) is 2.28. The topological polar surface area (TPSA) is 58.6 Å². The van der Waals surface area contributed by atoms with Crippen molar-refractivity contribution in [3.8, 4) is 0 Å². The van der Waals surface area contributed by atoms with Crippen LogP contribution in [0.3, 0.4) is 0 Å². The summed E-state index contributed by atoms with van der Waals surface area (Å²) in [5, 5.41) is 12.2. The Bertz CT molecular complexity index is 429. The fraction of sp³-hybridized carbons (Fsp3) is 0.500. The second-order valence-corrected chi connectivity index (χ2v) is 4.94. The summed E-state index contributed by atoms with van der Waals surface area (Å²) < 4.78 is 5.86. The average Bonchev–Trinajstić information content (AvgIpc) is 2.32. The van der Waals surface area contributed by atoms with Gasteiger partial charge in [0.05, 0.1) is 12.2 Å². The molecule has 0 amide bonds. The largest absolute Gasteiger partial charge is 0.480 e. The van der Waals surface area contributed by atoms with Crippen LogP contribution < -0.4 is 5.32 Å². The van der Waals surface area contributed by atoms with Gasteiger partial charge in [-0.1, -0.05) is 29.8 Å². The van der Waals surface area contributed by atoms with Crippen molar-refractivity contribution in [1.82, 2.24) is 5.32 Å². The number of aryl methyl sites for hydroxylation is 1. The van der Waals surface area contributed by atoms with Crippen LogP contribution in [-0.2, 0) is 9.53 Å². The van der Waals surface area contributed by atoms with Crippen LogP contribution in [0.2, 0.25) is 0 Å². The summed E-state index contributed by atoms with van der Waals surface area (Å²) in [6.07, 6.45) is -0.443. The first-order chi connectivity index (χ1) is 8.49. The summed E-state index contributed by atoms with van der Waals surface area (Å²) in [6, 6.07) is 7.49. The van der Waals surface area contributed by atoms with E-state index in [0.29, 0.717) is 0 Å². The first-order valence-electron chi connectivity index (χ1n) is 6.20. The lowest BCUT2D eigenvalue weighted by atomic mass is 9.97. The maximum atomic E-state index is 11.1. The van der Waals surface area contributed by atoms with E-state index in [9.17, 15) is 4.79 Å². The second-order valence-electron chi connectivity index (χ2n) is 4.94. The Labute approximate surface area is 107 Å². The van der Waals surface area contributed by atoms with Crippen LogP contribution in [-0.4, -0.2) is 29.3 Å². The van der Waals surface area contributed by atoms with Crippen molar-refractivity contribution >= 4 is 5.97 Å². The number of rotatable bonds is 2. The maximum Gasteiger partial charge on any atom is 0.323 e. The van der Waals surface area contributed by atoms with Crippen LogP contribution in [0.5, 0.6) is 0 Å². The third-order valence-corrected chi connectivity index (χ3v) is 3.40. The summed E-state index contributed by atoms with van der Waals surface area (Å²) in [7, 11) is 0. The third kappa shape index (κ3) is 2.54. The number of nitrogens with one attached hydrogen (secondary N) is 1. The van der Waals surface area contributed by atoms with E-state index >= 15 is 0 Å². The van der Waals surface area contributed by atoms with Gasteiger partial charge >= 0.3 is 5.97 Å². The summed E-state index contributed by atoms with van der Waals surface area (Å²) in [5.74, 6) is -0.864. The molecule has 0 bridgehead atoms. The Kier molecular flexibility index (Phi) is 3.68. The lowest BCUT2D eigenvalue weighted by Crippen LogP contribution is -2.56. The quantitative estimate of drug-likeness (QED) is 0.840. The minimum absolute atomic E-state index is 0.0231. The molecule has 4 unspecified atom stereocenters. The predicted molar refractivity (Wildman–Crippen MR) is 68.5 cm³/mol. The van der Waals surface area contributed by atoms with Gasteiger partial charge in [-0.3, -0.25) is 10.1 Å². The number of benzene rings is 1. The summed E-state index contributed by atoms with van der Waals surface area (Å²) >= 11 is 0. The minimum Gasteiger partial charge on any atom is -0.480 e. The number of morpholine rings is 1. The van der Waals surface area contributed by atoms with Crippen LogP contribution in [0, 0.1) is 6.92 Å². The van der Waals surface area contributed by atoms with Gasteiger partial charge in [-0.25, -0.2) is 0 Å². The number of hydrogen-bond donors (Lipinski definition) is 2. The van der Waals surface area contributed by atoms with E-state index in [2.05, 4.69) is 5.32 Å². The molecule has 1 saturated heterocycles. The first-order valence-corrected chi connectivity index (χ1v) is 6.20. The highest BCUT2D eigenvalue weighted by Crippen LogP contribution is 2.28. The van der Waals surface area contributed by atoms with Crippen LogP contribution in [0.25, 0.3) is 0 Å². The molecule has 0 spiro atoms. The highest BCUT2D eigenvalue weighted by atomic mass is 16.5. The van der Waals surface area contributed by atoms with Crippen molar-refractivity contribution in [2.75, 3.05) is 0 Å². The van der Waals surface area contributed by atoms with Crippen LogP contribution in [0.1, 0.15) is 31.1 Å². The highest BCUT2D eigenvalue weighted by molar-refractivity contribution is 5.74. The molecule has 1 aliphatic rings. The number of carboxylic acid groups (broad SMARTS) is 1. The average molecular weight is 249 g/mol. The van der Waals surface area contributed by atoms with Crippen LogP contribution in [0.4, 0.5) is 0 Å². The Morgan fingerprint density at radius 2 is 1.89 bits per heavy atom. The predicted octanol–water partition coefficient (Wildman–Crippen LogP) is 1.89. The Balaban J connectivity index is 2.16. The molecule has 0 saturated carbocycles. The van der Waals surface area contributed by atoms with E-state index < -0.39 is 12.0 Å². The molecule has 2 N–H and O–H groups in total. The molecule has 1 heterocycles. The molecule has 98 valence electrons. The van der Waals surface area contributed by atoms with Gasteiger partial charge in [0.25, 0.3) is 0 Å². The molecular formula is C14H19NO3. The second kappa shape index (κ2) is 5.08. The van der Waals surface area contributed by atoms with Gasteiger partial charge in [0, 0.05) is 6.04 Å². The smallest absolute Gasteiger partial charge is 0.323 e. The minimum atomic E-state index is -0.864. The zero-order valence-electron chi connectivity index (χ0n) is 10.9. The zero-order chi connectivity index (χ0) is 13.3. The van der Waals surface area contributed by atoms with Crippen molar-refractivity contribution in [2.24, 2.45) is 0 Å². The van der Waals surface area contributed by atoms with Gasteiger partial charge in [0.2, 0.25) is 0 Å². The zero-order valence-corrected chi connectivity index (χ0v) is 10.9. The number of aliphatic carboxylic acids is 1. The fourth-order valence-electron chi connectivity index (χ4n) is 2.33. The third-order valence-electron chi connectivity index (χ3n) is 3.40. The number of ether oxygens (including phenoxy) is 1. The van der Waals surface area contributed by atoms with E-state index in [-0.39, 0.29) is 18.2 Å². The Morgan fingerprint density at radius 1 is 1.28 bits per heavy atom. The lowest BCUT2D eigenvalue weighted by molar-refractivity contribution is -0.152. The molecule has 0 radical (unpaired) electrons. The van der Waals surface area contributed by atoms with E-state index in [1.807, 2.05) is 38.1 Å². The number of hydrogen-bond acceptors (Lipinski definition) is 3. The molecule has 1 aromatic carbocycles. The molecule has 0 aliphatic carbocycles. The molecule has 18 heavy (non-hydrogen) atoms. The van der Waals surface area contributed by atoms with Gasteiger partial charge < -0.3 is 9.84 Å². The molecular weight excluding hydrogens is 230 g/mol. The standard InChI is InChI=1S/C14H19NO3/c1-8-4-6-11(7-5-8)13-9(2)15-12(14(16)17)10(3)18-13/h4-7,9-10,12-13,15H,1-3H3,(H,16,17). The number of carboxylic acids is 1. The highest BCUT2D eigenvalue weighted by Gasteiger charge is 2.37. The number of carbonyl (C=O) groups is 1. The van der Waals surface area contributed by atoms with E-state index in [1.54, 1.807) is 6.92 Å². The van der Waals surface area contributed by atoms with Crippen molar-refractivity contribution in [3.63, 3.8) is 0 Å². The molecule has 1 aliphatic heterocycles. The van der Waals surface area contributed by atoms with Gasteiger partial charge in [0.15, 0.2) is 0 Å². The maximum absolute atomic E-state index is 11.1. The van der Waals surface area contributed by atoms with Crippen molar-refractivity contribution < 1.29 is 14.6 Å². The molecule has 1 fully saturated rings. The van der Waals surface area contributed by atoms with E-state index in [1.165, 1.54) is 5.56 Å². The van der Waals surface area contributed by atoms with Crippen molar-refractivity contribution in [3.05, 3.63) is 35.4 Å². The van der Waals surface area contributed by atoms with Gasteiger partial charge in [-0.05, 0) is 26.3 Å². The Hall–Kier alpha value is -1.39. The summed E-state index contributed by atoms with van der Waals surface area (Å²) in [6.45, 7) is 5.78. The van der Waals surface area contributed by atoms with E-state index in [0.717, 1.165) is 5.56 Å². The first kappa shape index (κ1) is 13.1. The van der Waals surface area contributed by atoms with Gasteiger partial charge in [-0.15, -0.1) is 0 Å². The van der Waals surface area contributed by atoms with E-state index in [4.69, 9.17) is 9.84 Å². The van der Waals surface area contributed by atoms with Gasteiger partial charge in [0.1, 0.15) is 6.04 Å². The van der Waals surface area contributed by atoms with Crippen molar-refractivity contribution in [2.45, 2.75) is 45.1 Å². The van der Waals surface area contributed by atoms with Crippen LogP contribution >= 0.6 is 0 Å². The lowest BCUT2D eigenvalue weighted by Gasteiger charge is -2.38. The summed E-state index contributed by atoms with van der Waals surface area (Å²) in [4.78, 5) is 11.1. The molecule has 4 heteroatoms. The molecule has 4 atom stereocenters. The fourth-order valence-corrected chi connectivity index (χ4v) is 2.33. The van der Waals surface area contributed by atoms with Crippen LogP contribution in [0.15, 0.2) is 24.3 Å². The monoisotopic (exact) mass is 249 g/mol. The molecule has 4 nitrogen and oxygen atoms in total. The SMILES string of the molecule is Cc1ccc(C2OC(C)C(C(=O)O)NC2C)cc1. The van der Waals surface area contributed by atoms with Crippen molar-refractivity contribution in [1.29, 1.82) is 0 Å². The molecule has 1 aromatic rings.